The van der Waals surface area contributed by atoms with Gasteiger partial charge in [0.2, 0.25) is 0 Å². The average Bonchev–Trinajstić information content (AvgIpc) is 3.09. The van der Waals surface area contributed by atoms with Crippen molar-refractivity contribution in [3.05, 3.63) is 28.8 Å². The summed E-state index contributed by atoms with van der Waals surface area (Å²) in [6.07, 6.45) is 2.02. The molecule has 1 aliphatic rings. The number of hydrogen-bond donors (Lipinski definition) is 1. The van der Waals surface area contributed by atoms with Gasteiger partial charge in [0.25, 0.3) is 5.91 Å². The highest BCUT2D eigenvalue weighted by atomic mass is 35.5. The summed E-state index contributed by atoms with van der Waals surface area (Å²) < 4.78 is 0. The van der Waals surface area contributed by atoms with Crippen molar-refractivity contribution in [3.8, 4) is 5.75 Å². The number of rotatable bonds is 4. The Balaban J connectivity index is 2.22. The minimum Gasteiger partial charge on any atom is -0.507 e. The standard InChI is InChI=1S/C12H13Cl2NO2/c13-5-6-15(9-2-3-9)12(17)10-4-1-8(14)7-11(10)16/h1,4,7,9,16H,2-3,5-6H2. The van der Waals surface area contributed by atoms with Gasteiger partial charge in [-0.15, -0.1) is 11.6 Å². The van der Waals surface area contributed by atoms with E-state index in [1.807, 2.05) is 0 Å². The lowest BCUT2D eigenvalue weighted by atomic mass is 10.1. The van der Waals surface area contributed by atoms with Gasteiger partial charge < -0.3 is 10.0 Å². The van der Waals surface area contributed by atoms with E-state index in [9.17, 15) is 9.90 Å². The third-order valence-electron chi connectivity index (χ3n) is 2.76. The van der Waals surface area contributed by atoms with Crippen LogP contribution in [0, 0.1) is 0 Å². The summed E-state index contributed by atoms with van der Waals surface area (Å²) >= 11 is 11.4. The first-order valence-electron chi connectivity index (χ1n) is 5.49. The quantitative estimate of drug-likeness (QED) is 0.857. The predicted molar refractivity (Wildman–Crippen MR) is 67.9 cm³/mol. The van der Waals surface area contributed by atoms with Gasteiger partial charge in [0.15, 0.2) is 0 Å². The maximum absolute atomic E-state index is 12.2. The fourth-order valence-electron chi connectivity index (χ4n) is 1.77. The molecule has 0 saturated heterocycles. The number of nitrogens with zero attached hydrogens (tertiary/aromatic N) is 1. The van der Waals surface area contributed by atoms with E-state index in [0.717, 1.165) is 12.8 Å². The van der Waals surface area contributed by atoms with Gasteiger partial charge in [-0.2, -0.15) is 0 Å². The molecule has 0 aromatic heterocycles. The van der Waals surface area contributed by atoms with Crippen molar-refractivity contribution in [3.63, 3.8) is 0 Å². The maximum Gasteiger partial charge on any atom is 0.257 e. The molecule has 1 saturated carbocycles. The molecular weight excluding hydrogens is 261 g/mol. The van der Waals surface area contributed by atoms with Crippen LogP contribution in [0.4, 0.5) is 0 Å². The number of phenolic OH excluding ortho intramolecular Hbond substituents is 1. The summed E-state index contributed by atoms with van der Waals surface area (Å²) in [6.45, 7) is 0.507. The van der Waals surface area contributed by atoms with Crippen molar-refractivity contribution in [1.29, 1.82) is 0 Å². The zero-order valence-electron chi connectivity index (χ0n) is 9.20. The second kappa shape index (κ2) is 5.15. The van der Waals surface area contributed by atoms with E-state index in [1.54, 1.807) is 17.0 Å². The first kappa shape index (κ1) is 12.5. The molecule has 0 heterocycles. The number of hydrogen-bond acceptors (Lipinski definition) is 2. The number of phenols is 1. The number of amides is 1. The minimum atomic E-state index is -0.178. The average molecular weight is 274 g/mol. The highest BCUT2D eigenvalue weighted by Gasteiger charge is 2.33. The molecule has 92 valence electrons. The lowest BCUT2D eigenvalue weighted by molar-refractivity contribution is 0.0750. The van der Waals surface area contributed by atoms with Crippen LogP contribution in [0.5, 0.6) is 5.75 Å². The van der Waals surface area contributed by atoms with E-state index < -0.39 is 0 Å². The fourth-order valence-corrected chi connectivity index (χ4v) is 2.12. The van der Waals surface area contributed by atoms with E-state index in [4.69, 9.17) is 23.2 Å². The van der Waals surface area contributed by atoms with Crippen molar-refractivity contribution in [2.45, 2.75) is 18.9 Å². The Labute approximate surface area is 110 Å². The van der Waals surface area contributed by atoms with Crippen molar-refractivity contribution in [1.82, 2.24) is 4.90 Å². The van der Waals surface area contributed by atoms with E-state index in [-0.39, 0.29) is 23.3 Å². The molecule has 0 radical (unpaired) electrons. The zero-order chi connectivity index (χ0) is 12.4. The summed E-state index contributed by atoms with van der Waals surface area (Å²) in [5.41, 5.74) is 0.284. The molecule has 1 aromatic rings. The molecular formula is C12H13Cl2NO2. The Hall–Kier alpha value is -0.930. The van der Waals surface area contributed by atoms with Crippen molar-refractivity contribution >= 4 is 29.1 Å². The highest BCUT2D eigenvalue weighted by molar-refractivity contribution is 6.30. The van der Waals surface area contributed by atoms with Gasteiger partial charge in [0.1, 0.15) is 5.75 Å². The van der Waals surface area contributed by atoms with Crippen LogP contribution in [0.3, 0.4) is 0 Å². The van der Waals surface area contributed by atoms with Gasteiger partial charge in [0.05, 0.1) is 5.56 Å². The second-order valence-electron chi connectivity index (χ2n) is 4.08. The summed E-state index contributed by atoms with van der Waals surface area (Å²) in [5.74, 6) is 0.140. The Bertz CT molecular complexity index is 433. The van der Waals surface area contributed by atoms with Gasteiger partial charge >= 0.3 is 0 Å². The summed E-state index contributed by atoms with van der Waals surface area (Å²) in [6, 6.07) is 4.79. The summed E-state index contributed by atoms with van der Waals surface area (Å²) in [7, 11) is 0. The zero-order valence-corrected chi connectivity index (χ0v) is 10.7. The van der Waals surface area contributed by atoms with E-state index in [1.165, 1.54) is 6.07 Å². The van der Waals surface area contributed by atoms with Crippen LogP contribution in [0.15, 0.2) is 18.2 Å². The molecule has 1 aromatic carbocycles. The topological polar surface area (TPSA) is 40.5 Å². The number of carbonyl (C=O) groups is 1. The Morgan fingerprint density at radius 1 is 1.47 bits per heavy atom. The third-order valence-corrected chi connectivity index (χ3v) is 3.17. The van der Waals surface area contributed by atoms with Crippen LogP contribution in [0.1, 0.15) is 23.2 Å². The van der Waals surface area contributed by atoms with Gasteiger partial charge in [-0.3, -0.25) is 4.79 Å². The molecule has 0 unspecified atom stereocenters. The second-order valence-corrected chi connectivity index (χ2v) is 4.89. The van der Waals surface area contributed by atoms with Gasteiger partial charge in [-0.05, 0) is 31.0 Å². The fraction of sp³-hybridized carbons (Fsp3) is 0.417. The SMILES string of the molecule is O=C(c1ccc(Cl)cc1O)N(CCCl)C1CC1. The van der Waals surface area contributed by atoms with Crippen LogP contribution < -0.4 is 0 Å². The van der Waals surface area contributed by atoms with Gasteiger partial charge in [-0.1, -0.05) is 11.6 Å². The molecule has 1 N–H and O–H groups in total. The van der Waals surface area contributed by atoms with Crippen molar-refractivity contribution < 1.29 is 9.90 Å². The Kier molecular flexibility index (Phi) is 3.79. The molecule has 5 heteroatoms. The predicted octanol–water partition coefficient (Wildman–Crippen LogP) is 2.89. The van der Waals surface area contributed by atoms with Crippen LogP contribution in [0.2, 0.25) is 5.02 Å². The summed E-state index contributed by atoms with van der Waals surface area (Å²) in [4.78, 5) is 13.9. The van der Waals surface area contributed by atoms with Crippen LogP contribution in [0.25, 0.3) is 0 Å². The smallest absolute Gasteiger partial charge is 0.257 e. The van der Waals surface area contributed by atoms with Crippen molar-refractivity contribution in [2.75, 3.05) is 12.4 Å². The molecule has 3 nitrogen and oxygen atoms in total. The molecule has 0 spiro atoms. The lowest BCUT2D eigenvalue weighted by Gasteiger charge is -2.21. The molecule has 0 atom stereocenters. The van der Waals surface area contributed by atoms with Gasteiger partial charge in [0, 0.05) is 23.5 Å². The largest absolute Gasteiger partial charge is 0.507 e. The first-order chi connectivity index (χ1) is 8.13. The lowest BCUT2D eigenvalue weighted by Crippen LogP contribution is -2.34. The molecule has 1 amide bonds. The molecule has 0 bridgehead atoms. The first-order valence-corrected chi connectivity index (χ1v) is 6.40. The van der Waals surface area contributed by atoms with Crippen LogP contribution >= 0.6 is 23.2 Å². The summed E-state index contributed by atoms with van der Waals surface area (Å²) in [5, 5.41) is 10.1. The Morgan fingerprint density at radius 3 is 2.71 bits per heavy atom. The minimum absolute atomic E-state index is 0.0808. The van der Waals surface area contributed by atoms with E-state index in [0.29, 0.717) is 17.4 Å². The molecule has 1 aliphatic carbocycles. The third kappa shape index (κ3) is 2.85. The van der Waals surface area contributed by atoms with Crippen molar-refractivity contribution in [2.24, 2.45) is 0 Å². The Morgan fingerprint density at radius 2 is 2.18 bits per heavy atom. The number of alkyl halides is 1. The highest BCUT2D eigenvalue weighted by Crippen LogP contribution is 2.30. The van der Waals surface area contributed by atoms with Crippen LogP contribution in [-0.4, -0.2) is 34.4 Å². The molecule has 17 heavy (non-hydrogen) atoms. The molecule has 2 rings (SSSR count). The number of aromatic hydroxyl groups is 1. The van der Waals surface area contributed by atoms with E-state index in [2.05, 4.69) is 0 Å². The monoisotopic (exact) mass is 273 g/mol. The number of halogens is 2. The number of benzene rings is 1. The van der Waals surface area contributed by atoms with Gasteiger partial charge in [-0.25, -0.2) is 0 Å². The molecule has 0 aliphatic heterocycles. The molecule has 1 fully saturated rings. The van der Waals surface area contributed by atoms with Crippen LogP contribution in [-0.2, 0) is 0 Å². The number of carbonyl (C=O) groups excluding carboxylic acids is 1. The maximum atomic E-state index is 12.2. The van der Waals surface area contributed by atoms with E-state index >= 15 is 0 Å². The normalized spacial score (nSPS) is 14.7.